The molecular weight excluding hydrogens is 821 g/mol. The summed E-state index contributed by atoms with van der Waals surface area (Å²) in [7, 11) is -7.27. The van der Waals surface area contributed by atoms with Crippen molar-refractivity contribution in [1.82, 2.24) is 0 Å². The summed E-state index contributed by atoms with van der Waals surface area (Å²) in [6.07, 6.45) is 2.04. The van der Waals surface area contributed by atoms with Gasteiger partial charge >= 0.3 is 59.1 Å². The van der Waals surface area contributed by atoms with Crippen molar-refractivity contribution >= 4 is 77.0 Å². The van der Waals surface area contributed by atoms with E-state index in [9.17, 15) is 35.5 Å². The summed E-state index contributed by atoms with van der Waals surface area (Å²) in [6.45, 7) is 0. The Balaban J connectivity index is 0.00000331. The van der Waals surface area contributed by atoms with Crippen LogP contribution in [0.1, 0.15) is 31.8 Å². The molecule has 15 nitrogen and oxygen atoms in total. The van der Waals surface area contributed by atoms with E-state index < -0.39 is 47.3 Å². The molecule has 0 fully saturated rings. The van der Waals surface area contributed by atoms with Gasteiger partial charge in [-0.15, -0.1) is 0 Å². The van der Waals surface area contributed by atoms with Crippen LogP contribution in [0.2, 0.25) is 0 Å². The molecule has 2 aliphatic rings. The van der Waals surface area contributed by atoms with Crippen molar-refractivity contribution in [3.8, 4) is 22.6 Å². The third kappa shape index (κ3) is 9.77. The minimum absolute atomic E-state index is 0. The number of rotatable bonds is 11. The average molecular weight is 850 g/mol. The van der Waals surface area contributed by atoms with Gasteiger partial charge in [0.25, 0.3) is 0 Å². The molecule has 59 heavy (non-hydrogen) atoms. The van der Waals surface area contributed by atoms with Crippen LogP contribution < -0.4 is 84.8 Å². The molecule has 0 saturated carbocycles. The van der Waals surface area contributed by atoms with Crippen molar-refractivity contribution in [3.63, 3.8) is 0 Å². The Hall–Kier alpha value is -4.92. The molecule has 19 heteroatoms. The number of benzene rings is 5. The van der Waals surface area contributed by atoms with Crippen molar-refractivity contribution in [3.05, 3.63) is 142 Å². The summed E-state index contributed by atoms with van der Waals surface area (Å²) >= 11 is 0. The Morgan fingerprint density at radius 1 is 0.559 bits per heavy atom. The van der Waals surface area contributed by atoms with Gasteiger partial charge < -0.3 is 23.9 Å². The number of nitrogens with one attached hydrogen (secondary N) is 3. The van der Waals surface area contributed by atoms with Crippen LogP contribution in [0.5, 0.6) is 11.5 Å². The summed E-state index contributed by atoms with van der Waals surface area (Å²) in [5.74, 6) is -0.831. The molecule has 7 rings (SSSR count). The molecule has 5 aromatic rings. The number of hydrogen-bond donors (Lipinski definition) is 3. The molecule has 0 bridgehead atoms. The second-order valence-corrected chi connectivity index (χ2v) is 15.1. The van der Waals surface area contributed by atoms with E-state index in [4.69, 9.17) is 9.47 Å². The largest absolute Gasteiger partial charge is 1.00 e. The van der Waals surface area contributed by atoms with Gasteiger partial charge in [-0.05, 0) is 83.4 Å². The number of hydrazone groups is 2. The summed E-state index contributed by atoms with van der Waals surface area (Å²) in [4.78, 5) is 25.3. The summed E-state index contributed by atoms with van der Waals surface area (Å²) in [6, 6.07) is 29.6. The van der Waals surface area contributed by atoms with E-state index in [-0.39, 0.29) is 104 Å². The van der Waals surface area contributed by atoms with Crippen LogP contribution in [0.4, 0.5) is 22.7 Å². The maximum Gasteiger partial charge on any atom is 1.00 e. The third-order valence-electron chi connectivity index (χ3n) is 8.89. The fraction of sp³-hybridized carbons (Fsp3) is 0.0500. The van der Waals surface area contributed by atoms with Crippen LogP contribution in [0, 0.1) is 0 Å². The van der Waals surface area contributed by atoms with Gasteiger partial charge in [-0.1, -0.05) is 54.6 Å². The van der Waals surface area contributed by atoms with Crippen molar-refractivity contribution < 1.29 is 104 Å². The smallest absolute Gasteiger partial charge is 0.744 e. The Labute approximate surface area is 383 Å². The quantitative estimate of drug-likeness (QED) is 0.0920. The van der Waals surface area contributed by atoms with Gasteiger partial charge in [-0.2, -0.15) is 10.2 Å². The zero-order valence-electron chi connectivity index (χ0n) is 31.8. The van der Waals surface area contributed by atoms with Gasteiger partial charge in [0.05, 0.1) is 35.4 Å². The monoisotopic (exact) mass is 849 g/mol. The first-order valence-electron chi connectivity index (χ1n) is 16.8. The van der Waals surface area contributed by atoms with Crippen LogP contribution >= 0.6 is 0 Å². The molecule has 0 heterocycles. The average Bonchev–Trinajstić information content (AvgIpc) is 3.19. The van der Waals surface area contributed by atoms with E-state index in [0.717, 1.165) is 17.8 Å². The summed E-state index contributed by atoms with van der Waals surface area (Å²) in [5, 5.41) is 11.3. The predicted octanol–water partition coefficient (Wildman–Crippen LogP) is 0.223. The Kier molecular flexibility index (Phi) is 14.2. The Bertz CT molecular complexity index is 2850. The molecular formula is C40H29N5Na2O10S2. The Morgan fingerprint density at radius 3 is 1.69 bits per heavy atom. The first kappa shape index (κ1) is 45.2. The van der Waals surface area contributed by atoms with E-state index in [1.165, 1.54) is 38.5 Å². The second-order valence-electron chi connectivity index (χ2n) is 12.4. The van der Waals surface area contributed by atoms with Gasteiger partial charge in [0, 0.05) is 28.1 Å². The molecule has 0 spiro atoms. The van der Waals surface area contributed by atoms with E-state index in [1.54, 1.807) is 54.6 Å². The van der Waals surface area contributed by atoms with E-state index in [1.807, 2.05) is 30.3 Å². The van der Waals surface area contributed by atoms with E-state index >= 15 is 0 Å². The molecule has 0 atom stereocenters. The van der Waals surface area contributed by atoms with Crippen LogP contribution in [-0.2, 0) is 20.2 Å². The molecule has 0 aliphatic heterocycles. The number of ether oxygens (including phenoxy) is 2. The maximum atomic E-state index is 13.6. The number of nitrogens with zero attached hydrogens (tertiary/aromatic N) is 2. The summed E-state index contributed by atoms with van der Waals surface area (Å²) < 4.78 is 84.2. The third-order valence-corrected chi connectivity index (χ3v) is 10.6. The van der Waals surface area contributed by atoms with E-state index in [0.29, 0.717) is 22.5 Å². The van der Waals surface area contributed by atoms with Crippen LogP contribution in [0.3, 0.4) is 0 Å². The summed E-state index contributed by atoms with van der Waals surface area (Å²) in [5.41, 5.74) is 8.02. The first-order valence-corrected chi connectivity index (χ1v) is 19.6. The molecule has 0 aromatic heterocycles. The van der Waals surface area contributed by atoms with E-state index in [2.05, 4.69) is 26.4 Å². The van der Waals surface area contributed by atoms with Gasteiger partial charge in [-0.25, -0.2) is 16.8 Å². The number of ketones is 2. The zero-order chi connectivity index (χ0) is 40.5. The molecule has 0 amide bonds. The van der Waals surface area contributed by atoms with Gasteiger partial charge in [-0.3, -0.25) is 20.4 Å². The molecule has 3 N–H and O–H groups in total. The number of fused-ring (bicyclic) bond motifs is 2. The molecule has 0 unspecified atom stereocenters. The molecule has 0 saturated heterocycles. The van der Waals surface area contributed by atoms with Gasteiger partial charge in [0.2, 0.25) is 11.6 Å². The second kappa shape index (κ2) is 18.6. The van der Waals surface area contributed by atoms with Crippen LogP contribution in [0.15, 0.2) is 130 Å². The fourth-order valence-corrected chi connectivity index (χ4v) is 7.50. The number of anilines is 4. The first-order chi connectivity index (χ1) is 27.2. The van der Waals surface area contributed by atoms with Crippen molar-refractivity contribution in [2.75, 3.05) is 30.4 Å². The van der Waals surface area contributed by atoms with Crippen LogP contribution in [-0.4, -0.2) is 63.2 Å². The molecule has 288 valence electrons. The fourth-order valence-electron chi connectivity index (χ4n) is 6.15. The molecule has 5 aromatic carbocycles. The standard InChI is InChI=1S/C40H31N5O10S2.2Na/c1-54-34-19-23(12-16-31(34)42-44-33-22-36(56(48,49)50)29-10-6-7-11-30(29)39(33)46)24-13-17-32(35(20-24)55-2)43-45-38-37(57(51,52)53)21-25-18-27(14-15-28(25)40(38)47)41-26-8-4-3-5-9-26;;/h3-22,41-43H,1-2H3,(H,48,49,50)(H,51,52,53);;/q;2*+1/p-2/b44-33-,45-38+;;. The number of methoxy groups -OCH3 is 2. The number of Topliss-reactive ketones (excluding diaryl/α,β-unsaturated/α-hetero) is 2. The zero-order valence-corrected chi connectivity index (χ0v) is 37.5. The molecule has 0 radical (unpaired) electrons. The SMILES string of the molecule is COc1cc(-c2ccc(N/N=C3/C(=O)c4ccc(Nc5ccccc5)cc4C=C3S(=O)(=O)[O-])c(OC)c2)ccc1N/N=C1/C=C(S(=O)(=O)[O-])c2ccccc2C1=O.[Na+].[Na+]. The minimum Gasteiger partial charge on any atom is -0.744 e. The topological polar surface area (TPSA) is 228 Å². The van der Waals surface area contributed by atoms with Crippen molar-refractivity contribution in [2.45, 2.75) is 0 Å². The number of carbonyl (C=O) groups is 2. The number of allylic oxidation sites excluding steroid dienone is 2. The predicted molar refractivity (Wildman–Crippen MR) is 214 cm³/mol. The minimum atomic E-state index is -5.14. The number of carbonyl (C=O) groups excluding carboxylic acids is 2. The van der Waals surface area contributed by atoms with Crippen molar-refractivity contribution in [1.29, 1.82) is 0 Å². The number of para-hydroxylation sites is 1. The van der Waals surface area contributed by atoms with Crippen LogP contribution in [0.25, 0.3) is 22.1 Å². The number of hydrogen-bond acceptors (Lipinski definition) is 15. The van der Waals surface area contributed by atoms with Crippen molar-refractivity contribution in [2.24, 2.45) is 10.2 Å². The normalized spacial score (nSPS) is 14.8. The molecule has 2 aliphatic carbocycles. The van der Waals surface area contributed by atoms with Gasteiger partial charge in [0.1, 0.15) is 43.2 Å². The maximum absolute atomic E-state index is 13.6. The Morgan fingerprint density at radius 2 is 1.12 bits per heavy atom. The van der Waals surface area contributed by atoms with Gasteiger partial charge in [0.15, 0.2) is 0 Å².